The summed E-state index contributed by atoms with van der Waals surface area (Å²) in [6.45, 7) is 5.80. The van der Waals surface area contributed by atoms with Gasteiger partial charge in [-0.05, 0) is 43.7 Å². The second-order valence-corrected chi connectivity index (χ2v) is 6.80. The lowest BCUT2D eigenvalue weighted by molar-refractivity contribution is -0.128. The third kappa shape index (κ3) is 4.14. The van der Waals surface area contributed by atoms with Crippen molar-refractivity contribution in [3.05, 3.63) is 70.9 Å². The highest BCUT2D eigenvalue weighted by Crippen LogP contribution is 2.21. The predicted octanol–water partition coefficient (Wildman–Crippen LogP) is 4.08. The Balaban J connectivity index is 1.91. The van der Waals surface area contributed by atoms with Gasteiger partial charge in [0.25, 0.3) is 5.91 Å². The molecule has 0 saturated heterocycles. The van der Waals surface area contributed by atoms with Crippen LogP contribution in [-0.2, 0) is 11.3 Å². The largest absolute Gasteiger partial charge is 0.342 e. The normalized spacial score (nSPS) is 10.7. The van der Waals surface area contributed by atoms with Crippen molar-refractivity contribution < 1.29 is 9.59 Å². The van der Waals surface area contributed by atoms with Gasteiger partial charge < -0.3 is 10.2 Å². The number of hydrogen-bond donors (Lipinski definition) is 1. The van der Waals surface area contributed by atoms with Crippen LogP contribution in [-0.4, -0.2) is 28.7 Å². The second kappa shape index (κ2) is 7.58. The first-order valence-electron chi connectivity index (χ1n) is 8.84. The molecule has 27 heavy (non-hydrogen) atoms. The third-order valence-corrected chi connectivity index (χ3v) is 4.62. The van der Waals surface area contributed by atoms with Crippen LogP contribution >= 0.6 is 0 Å². The summed E-state index contributed by atoms with van der Waals surface area (Å²) >= 11 is 0. The van der Waals surface area contributed by atoms with Crippen LogP contribution in [0, 0.1) is 13.8 Å². The molecule has 0 atom stereocenters. The van der Waals surface area contributed by atoms with Gasteiger partial charge in [0.15, 0.2) is 0 Å². The molecule has 2 aromatic carbocycles. The molecule has 2 amide bonds. The molecule has 3 rings (SSSR count). The van der Waals surface area contributed by atoms with Gasteiger partial charge >= 0.3 is 0 Å². The molecule has 1 heterocycles. The molecule has 0 bridgehead atoms. The highest BCUT2D eigenvalue weighted by atomic mass is 16.2. The molecule has 0 aliphatic rings. The van der Waals surface area contributed by atoms with Gasteiger partial charge in [-0.3, -0.25) is 14.6 Å². The summed E-state index contributed by atoms with van der Waals surface area (Å²) in [6, 6.07) is 15.4. The summed E-state index contributed by atoms with van der Waals surface area (Å²) in [5.41, 5.74) is 4.80. The van der Waals surface area contributed by atoms with Crippen molar-refractivity contribution in [2.45, 2.75) is 27.3 Å². The van der Waals surface area contributed by atoms with Crippen LogP contribution in [0.5, 0.6) is 0 Å². The fraction of sp³-hybridized carbons (Fsp3) is 0.227. The van der Waals surface area contributed by atoms with Gasteiger partial charge in [0, 0.05) is 31.6 Å². The number of nitrogens with one attached hydrogen (secondary N) is 1. The van der Waals surface area contributed by atoms with Crippen LogP contribution < -0.4 is 5.32 Å². The minimum atomic E-state index is -0.207. The van der Waals surface area contributed by atoms with Gasteiger partial charge in [0.05, 0.1) is 16.8 Å². The zero-order valence-corrected chi connectivity index (χ0v) is 16.0. The summed E-state index contributed by atoms with van der Waals surface area (Å²) in [6.07, 6.45) is 0. The van der Waals surface area contributed by atoms with Gasteiger partial charge in [-0.15, -0.1) is 0 Å². The minimum Gasteiger partial charge on any atom is -0.342 e. The zero-order chi connectivity index (χ0) is 19.6. The lowest BCUT2D eigenvalue weighted by Gasteiger charge is -2.18. The smallest absolute Gasteiger partial charge is 0.257 e. The van der Waals surface area contributed by atoms with Crippen LogP contribution in [0.2, 0.25) is 0 Å². The lowest BCUT2D eigenvalue weighted by Crippen LogP contribution is -2.24. The Kier molecular flexibility index (Phi) is 5.21. The molecule has 1 aromatic heterocycles. The number of aromatic nitrogens is 1. The molecule has 3 aromatic rings. The molecule has 0 unspecified atom stereocenters. The molecule has 0 saturated carbocycles. The van der Waals surface area contributed by atoms with Crippen LogP contribution in [0.4, 0.5) is 5.69 Å². The monoisotopic (exact) mass is 361 g/mol. The number of aryl methyl sites for hydroxylation is 2. The van der Waals surface area contributed by atoms with Crippen LogP contribution in [0.1, 0.15) is 34.1 Å². The zero-order valence-electron chi connectivity index (χ0n) is 16.0. The molecule has 0 spiro atoms. The topological polar surface area (TPSA) is 62.3 Å². The maximum Gasteiger partial charge on any atom is 0.257 e. The fourth-order valence-electron chi connectivity index (χ4n) is 2.96. The molecule has 0 radical (unpaired) electrons. The standard InChI is InChI=1S/C22H23N3O2/c1-14-9-10-21-18(11-14)12-19(15(2)23-21)22(27)24-20-8-6-5-7-17(20)13-25(4)16(3)26/h5-12H,13H2,1-4H3,(H,24,27). The number of anilines is 1. The number of benzene rings is 2. The Bertz CT molecular complexity index is 1030. The van der Waals surface area contributed by atoms with Crippen molar-refractivity contribution >= 4 is 28.4 Å². The fourth-order valence-corrected chi connectivity index (χ4v) is 2.96. The summed E-state index contributed by atoms with van der Waals surface area (Å²) < 4.78 is 0. The summed E-state index contributed by atoms with van der Waals surface area (Å²) in [5, 5.41) is 3.91. The van der Waals surface area contributed by atoms with Crippen LogP contribution in [0.25, 0.3) is 10.9 Å². The molecule has 138 valence electrons. The number of fused-ring (bicyclic) bond motifs is 1. The quantitative estimate of drug-likeness (QED) is 0.761. The number of para-hydroxylation sites is 1. The van der Waals surface area contributed by atoms with E-state index in [4.69, 9.17) is 0 Å². The lowest BCUT2D eigenvalue weighted by atomic mass is 10.1. The highest BCUT2D eigenvalue weighted by Gasteiger charge is 2.15. The Morgan fingerprint density at radius 1 is 1.07 bits per heavy atom. The molecule has 5 heteroatoms. The Labute approximate surface area is 159 Å². The van der Waals surface area contributed by atoms with E-state index in [9.17, 15) is 9.59 Å². The highest BCUT2D eigenvalue weighted by molar-refractivity contribution is 6.07. The number of hydrogen-bond acceptors (Lipinski definition) is 3. The second-order valence-electron chi connectivity index (χ2n) is 6.80. The van der Waals surface area contributed by atoms with Crippen molar-refractivity contribution in [2.24, 2.45) is 0 Å². The van der Waals surface area contributed by atoms with Crippen molar-refractivity contribution in [1.82, 2.24) is 9.88 Å². The Morgan fingerprint density at radius 2 is 1.81 bits per heavy atom. The van der Waals surface area contributed by atoms with E-state index in [0.29, 0.717) is 23.5 Å². The molecule has 5 nitrogen and oxygen atoms in total. The summed E-state index contributed by atoms with van der Waals surface area (Å²) in [4.78, 5) is 30.6. The first-order chi connectivity index (χ1) is 12.8. The van der Waals surface area contributed by atoms with E-state index >= 15 is 0 Å². The number of amides is 2. The average Bonchev–Trinajstić information content (AvgIpc) is 2.62. The molecule has 0 aliphatic heterocycles. The minimum absolute atomic E-state index is 0.0268. The van der Waals surface area contributed by atoms with Gasteiger partial charge in [0.1, 0.15) is 0 Å². The third-order valence-electron chi connectivity index (χ3n) is 4.62. The van der Waals surface area contributed by atoms with Crippen molar-refractivity contribution in [1.29, 1.82) is 0 Å². The number of nitrogens with zero attached hydrogens (tertiary/aromatic N) is 2. The van der Waals surface area contributed by atoms with E-state index in [0.717, 1.165) is 22.0 Å². The molecular formula is C22H23N3O2. The summed E-state index contributed by atoms with van der Waals surface area (Å²) in [5.74, 6) is -0.234. The maximum atomic E-state index is 12.9. The number of pyridine rings is 1. The van der Waals surface area contributed by atoms with E-state index in [2.05, 4.69) is 10.3 Å². The number of carbonyl (C=O) groups is 2. The molecule has 0 fully saturated rings. The maximum absolute atomic E-state index is 12.9. The van der Waals surface area contributed by atoms with Crippen molar-refractivity contribution in [3.63, 3.8) is 0 Å². The van der Waals surface area contributed by atoms with Gasteiger partial charge in [-0.1, -0.05) is 29.8 Å². The van der Waals surface area contributed by atoms with E-state index < -0.39 is 0 Å². The Morgan fingerprint density at radius 3 is 2.56 bits per heavy atom. The average molecular weight is 361 g/mol. The number of rotatable bonds is 4. The predicted molar refractivity (Wildman–Crippen MR) is 108 cm³/mol. The first kappa shape index (κ1) is 18.6. The summed E-state index contributed by atoms with van der Waals surface area (Å²) in [7, 11) is 1.74. The van der Waals surface area contributed by atoms with E-state index in [-0.39, 0.29) is 11.8 Å². The van der Waals surface area contributed by atoms with Crippen molar-refractivity contribution in [3.8, 4) is 0 Å². The van der Waals surface area contributed by atoms with Gasteiger partial charge in [-0.25, -0.2) is 0 Å². The van der Waals surface area contributed by atoms with E-state index in [1.54, 1.807) is 11.9 Å². The Hall–Kier alpha value is -3.21. The molecular weight excluding hydrogens is 338 g/mol. The molecule has 1 N–H and O–H groups in total. The van der Waals surface area contributed by atoms with Gasteiger partial charge in [0.2, 0.25) is 5.91 Å². The van der Waals surface area contributed by atoms with Crippen LogP contribution in [0.3, 0.4) is 0 Å². The first-order valence-corrected chi connectivity index (χ1v) is 8.84. The van der Waals surface area contributed by atoms with Crippen molar-refractivity contribution in [2.75, 3.05) is 12.4 Å². The van der Waals surface area contributed by atoms with Gasteiger partial charge in [-0.2, -0.15) is 0 Å². The molecule has 0 aliphatic carbocycles. The number of carbonyl (C=O) groups excluding carboxylic acids is 2. The SMILES string of the molecule is CC(=O)N(C)Cc1ccccc1NC(=O)c1cc2cc(C)ccc2nc1C. The van der Waals surface area contributed by atoms with Crippen LogP contribution in [0.15, 0.2) is 48.5 Å². The van der Waals surface area contributed by atoms with E-state index in [1.807, 2.05) is 62.4 Å². The van der Waals surface area contributed by atoms with E-state index in [1.165, 1.54) is 6.92 Å².